The Bertz CT molecular complexity index is 603. The van der Waals surface area contributed by atoms with Gasteiger partial charge in [0.1, 0.15) is 5.75 Å². The van der Waals surface area contributed by atoms with Crippen molar-refractivity contribution in [2.45, 2.75) is 25.7 Å². The highest BCUT2D eigenvalue weighted by molar-refractivity contribution is 5.43. The smallest absolute Gasteiger partial charge is 0.197 e. The first-order valence-electron chi connectivity index (χ1n) is 6.48. The lowest BCUT2D eigenvalue weighted by molar-refractivity contribution is 0.414. The molecule has 4 nitrogen and oxygen atoms in total. The van der Waals surface area contributed by atoms with E-state index in [9.17, 15) is 0 Å². The summed E-state index contributed by atoms with van der Waals surface area (Å²) in [7, 11) is 1.70. The molecule has 2 unspecified atom stereocenters. The molecule has 100 valence electrons. The van der Waals surface area contributed by atoms with Gasteiger partial charge < -0.3 is 15.5 Å². The van der Waals surface area contributed by atoms with E-state index in [0.717, 1.165) is 11.4 Å². The lowest BCUT2D eigenvalue weighted by Crippen LogP contribution is -1.91. The topological polar surface area (TPSA) is 63.9 Å². The summed E-state index contributed by atoms with van der Waals surface area (Å²) in [6.07, 6.45) is 1.85. The molecule has 0 spiro atoms. The first kappa shape index (κ1) is 12.1. The maximum atomic E-state index is 5.68. The maximum absolute atomic E-state index is 5.68. The van der Waals surface area contributed by atoms with Gasteiger partial charge in [0.2, 0.25) is 0 Å². The van der Waals surface area contributed by atoms with Crippen LogP contribution in [0.3, 0.4) is 0 Å². The second-order valence-corrected chi connectivity index (χ2v) is 5.78. The van der Waals surface area contributed by atoms with Crippen molar-refractivity contribution in [1.82, 2.24) is 9.97 Å². The molecule has 0 saturated heterocycles. The van der Waals surface area contributed by atoms with Gasteiger partial charge in [-0.25, -0.2) is 4.98 Å². The summed E-state index contributed by atoms with van der Waals surface area (Å²) < 4.78 is 5.31. The highest BCUT2D eigenvalue weighted by Crippen LogP contribution is 2.69. The van der Waals surface area contributed by atoms with E-state index in [0.29, 0.717) is 17.8 Å². The standard InChI is InChI=1S/C15H19N3O/c1-15(2)12(9-5-4-6-10(7-9)19-3)13(15)11-8-17-14(16)18-11/h4-8,12-13H,1-3H3,(H3,16,17,18). The summed E-state index contributed by atoms with van der Waals surface area (Å²) in [4.78, 5) is 7.26. The largest absolute Gasteiger partial charge is 0.497 e. The molecule has 0 bridgehead atoms. The number of nitrogens with two attached hydrogens (primary N) is 1. The van der Waals surface area contributed by atoms with Gasteiger partial charge in [-0.05, 0) is 29.0 Å². The number of benzene rings is 1. The van der Waals surface area contributed by atoms with Crippen molar-refractivity contribution in [2.24, 2.45) is 5.41 Å². The first-order valence-corrected chi connectivity index (χ1v) is 6.48. The third-order valence-corrected chi connectivity index (χ3v) is 4.23. The normalized spacial score (nSPS) is 24.2. The van der Waals surface area contributed by atoms with E-state index in [4.69, 9.17) is 10.5 Å². The van der Waals surface area contributed by atoms with E-state index >= 15 is 0 Å². The molecule has 1 aromatic carbocycles. The molecular formula is C15H19N3O. The predicted octanol–water partition coefficient (Wildman–Crippen LogP) is 2.91. The van der Waals surface area contributed by atoms with Crippen molar-refractivity contribution in [3.63, 3.8) is 0 Å². The molecule has 1 fully saturated rings. The molecule has 3 rings (SSSR count). The molecule has 3 N–H and O–H groups in total. The van der Waals surface area contributed by atoms with E-state index in [2.05, 4.69) is 35.9 Å². The molecule has 1 aliphatic carbocycles. The zero-order chi connectivity index (χ0) is 13.6. The van der Waals surface area contributed by atoms with Crippen LogP contribution >= 0.6 is 0 Å². The average Bonchev–Trinajstić information content (AvgIpc) is 2.73. The Morgan fingerprint density at radius 3 is 2.74 bits per heavy atom. The summed E-state index contributed by atoms with van der Waals surface area (Å²) in [5.74, 6) is 2.30. The van der Waals surface area contributed by atoms with E-state index in [1.807, 2.05) is 18.3 Å². The second-order valence-electron chi connectivity index (χ2n) is 5.78. The van der Waals surface area contributed by atoms with Crippen LogP contribution in [0.15, 0.2) is 30.5 Å². The average molecular weight is 257 g/mol. The maximum Gasteiger partial charge on any atom is 0.197 e. The predicted molar refractivity (Wildman–Crippen MR) is 75.3 cm³/mol. The lowest BCUT2D eigenvalue weighted by atomic mass is 10.0. The van der Waals surface area contributed by atoms with Gasteiger partial charge in [0.25, 0.3) is 0 Å². The molecule has 19 heavy (non-hydrogen) atoms. The minimum Gasteiger partial charge on any atom is -0.497 e. The van der Waals surface area contributed by atoms with Crippen LogP contribution in [-0.4, -0.2) is 17.1 Å². The summed E-state index contributed by atoms with van der Waals surface area (Å²) in [5.41, 5.74) is 8.32. The van der Waals surface area contributed by atoms with Gasteiger partial charge in [-0.15, -0.1) is 0 Å². The molecule has 2 atom stereocenters. The Hall–Kier alpha value is -1.97. The number of H-pyrrole nitrogens is 1. The number of rotatable bonds is 3. The van der Waals surface area contributed by atoms with E-state index in [1.54, 1.807) is 7.11 Å². The van der Waals surface area contributed by atoms with Crippen LogP contribution in [0, 0.1) is 5.41 Å². The summed E-state index contributed by atoms with van der Waals surface area (Å²) >= 11 is 0. The van der Waals surface area contributed by atoms with E-state index in [-0.39, 0.29) is 5.41 Å². The number of nitrogens with zero attached hydrogens (tertiary/aromatic N) is 1. The first-order chi connectivity index (χ1) is 9.04. The molecule has 2 aromatic rings. The number of methoxy groups -OCH3 is 1. The molecule has 1 aliphatic rings. The number of hydrogen-bond acceptors (Lipinski definition) is 3. The molecule has 0 aliphatic heterocycles. The molecule has 4 heteroatoms. The number of imidazole rings is 1. The Kier molecular flexibility index (Phi) is 2.55. The number of aromatic amines is 1. The highest BCUT2D eigenvalue weighted by Gasteiger charge is 2.59. The molecule has 1 aromatic heterocycles. The summed E-state index contributed by atoms with van der Waals surface area (Å²) in [6, 6.07) is 8.30. The molecular weight excluding hydrogens is 238 g/mol. The van der Waals surface area contributed by atoms with Gasteiger partial charge in [0, 0.05) is 11.6 Å². The minimum atomic E-state index is 0.214. The molecule has 0 radical (unpaired) electrons. The second kappa shape index (κ2) is 4.02. The zero-order valence-corrected chi connectivity index (χ0v) is 11.5. The van der Waals surface area contributed by atoms with Crippen molar-refractivity contribution >= 4 is 5.95 Å². The fourth-order valence-electron chi connectivity index (χ4n) is 3.18. The number of anilines is 1. The van der Waals surface area contributed by atoms with Crippen molar-refractivity contribution < 1.29 is 4.74 Å². The fourth-order valence-corrected chi connectivity index (χ4v) is 3.18. The molecule has 0 amide bonds. The van der Waals surface area contributed by atoms with Gasteiger partial charge in [-0.3, -0.25) is 0 Å². The van der Waals surface area contributed by atoms with Crippen molar-refractivity contribution in [3.8, 4) is 5.75 Å². The van der Waals surface area contributed by atoms with Crippen LogP contribution in [0.25, 0.3) is 0 Å². The number of hydrogen-bond donors (Lipinski definition) is 2. The van der Waals surface area contributed by atoms with Crippen LogP contribution in [0.4, 0.5) is 5.95 Å². The summed E-state index contributed by atoms with van der Waals surface area (Å²) in [5, 5.41) is 0. The zero-order valence-electron chi connectivity index (χ0n) is 11.5. The van der Waals surface area contributed by atoms with Gasteiger partial charge in [0.15, 0.2) is 5.95 Å². The Labute approximate surface area is 113 Å². The van der Waals surface area contributed by atoms with Crippen LogP contribution in [0.5, 0.6) is 5.75 Å². The van der Waals surface area contributed by atoms with Crippen LogP contribution in [0.1, 0.15) is 36.9 Å². The fraction of sp³-hybridized carbons (Fsp3) is 0.400. The minimum absolute atomic E-state index is 0.214. The Balaban J connectivity index is 1.93. The summed E-state index contributed by atoms with van der Waals surface area (Å²) in [6.45, 7) is 4.55. The number of ether oxygens (including phenoxy) is 1. The van der Waals surface area contributed by atoms with Crippen LogP contribution in [-0.2, 0) is 0 Å². The highest BCUT2D eigenvalue weighted by atomic mass is 16.5. The Morgan fingerprint density at radius 1 is 1.32 bits per heavy atom. The Morgan fingerprint density at radius 2 is 2.11 bits per heavy atom. The van der Waals surface area contributed by atoms with Gasteiger partial charge in [0.05, 0.1) is 13.3 Å². The monoisotopic (exact) mass is 257 g/mol. The van der Waals surface area contributed by atoms with Crippen molar-refractivity contribution in [1.29, 1.82) is 0 Å². The van der Waals surface area contributed by atoms with Gasteiger partial charge >= 0.3 is 0 Å². The van der Waals surface area contributed by atoms with Gasteiger partial charge in [-0.2, -0.15) is 0 Å². The van der Waals surface area contributed by atoms with Crippen molar-refractivity contribution in [3.05, 3.63) is 41.7 Å². The van der Waals surface area contributed by atoms with Crippen LogP contribution in [0.2, 0.25) is 0 Å². The lowest BCUT2D eigenvalue weighted by Gasteiger charge is -2.05. The SMILES string of the molecule is COc1cccc(C2C(c3cnc(N)[nH]3)C2(C)C)c1. The van der Waals surface area contributed by atoms with Crippen molar-refractivity contribution in [2.75, 3.05) is 12.8 Å². The molecule has 1 saturated carbocycles. The van der Waals surface area contributed by atoms with Crippen LogP contribution < -0.4 is 10.5 Å². The van der Waals surface area contributed by atoms with E-state index in [1.165, 1.54) is 5.56 Å². The third-order valence-electron chi connectivity index (χ3n) is 4.23. The van der Waals surface area contributed by atoms with E-state index < -0.39 is 0 Å². The number of aromatic nitrogens is 2. The quantitative estimate of drug-likeness (QED) is 0.888. The number of nitrogen functional groups attached to an aromatic ring is 1. The van der Waals surface area contributed by atoms with Gasteiger partial charge in [-0.1, -0.05) is 26.0 Å². The number of nitrogens with one attached hydrogen (secondary N) is 1. The third kappa shape index (κ3) is 1.87. The molecule has 1 heterocycles.